The largest absolute Gasteiger partial charge is 0.276 e. The van der Waals surface area contributed by atoms with E-state index in [9.17, 15) is 4.79 Å². The minimum absolute atomic E-state index is 0.445. The molecule has 0 spiro atoms. The van der Waals surface area contributed by atoms with Gasteiger partial charge in [-0.15, -0.1) is 11.8 Å². The lowest BCUT2D eigenvalue weighted by Crippen LogP contribution is -1.93. The van der Waals surface area contributed by atoms with Gasteiger partial charge in [0.25, 0.3) is 5.24 Å². The molecule has 0 unspecified atom stereocenters. The van der Waals surface area contributed by atoms with Gasteiger partial charge in [-0.25, -0.2) is 0 Å². The van der Waals surface area contributed by atoms with E-state index in [2.05, 4.69) is 4.98 Å². The minimum atomic E-state index is -0.445. The quantitative estimate of drug-likeness (QED) is 0.556. The summed E-state index contributed by atoms with van der Waals surface area (Å²) in [6, 6.07) is 1.80. The molecule has 1 heterocycles. The van der Waals surface area contributed by atoms with Crippen molar-refractivity contribution in [1.29, 1.82) is 0 Å². The van der Waals surface area contributed by atoms with E-state index in [0.717, 1.165) is 10.6 Å². The second-order valence-electron chi connectivity index (χ2n) is 2.08. The van der Waals surface area contributed by atoms with Crippen molar-refractivity contribution in [2.24, 2.45) is 0 Å². The van der Waals surface area contributed by atoms with Crippen molar-refractivity contribution in [3.8, 4) is 0 Å². The number of pyridine rings is 1. The third-order valence-electron chi connectivity index (χ3n) is 1.29. The molecule has 0 aliphatic carbocycles. The van der Waals surface area contributed by atoms with Gasteiger partial charge in [-0.05, 0) is 23.4 Å². The minimum Gasteiger partial charge on any atom is -0.276 e. The zero-order chi connectivity index (χ0) is 8.97. The highest BCUT2D eigenvalue weighted by Gasteiger charge is 2.07. The van der Waals surface area contributed by atoms with E-state index in [0.29, 0.717) is 5.56 Å². The van der Waals surface area contributed by atoms with Crippen LogP contribution in [0, 0.1) is 0 Å². The summed E-state index contributed by atoms with van der Waals surface area (Å²) in [4.78, 5) is 15.6. The Morgan fingerprint density at radius 1 is 1.75 bits per heavy atom. The molecular formula is C8H8ClNOS. The first-order valence-corrected chi connectivity index (χ1v) is 4.88. The number of carbonyl (C=O) groups is 1. The molecule has 0 atom stereocenters. The van der Waals surface area contributed by atoms with Gasteiger partial charge in [0.05, 0.1) is 5.56 Å². The van der Waals surface area contributed by atoms with Crippen LogP contribution >= 0.6 is 23.4 Å². The highest BCUT2D eigenvalue weighted by Crippen LogP contribution is 2.22. The number of halogens is 1. The molecule has 0 aliphatic rings. The van der Waals surface area contributed by atoms with Gasteiger partial charge in [-0.2, -0.15) is 0 Å². The molecule has 64 valence electrons. The summed E-state index contributed by atoms with van der Waals surface area (Å²) in [7, 11) is 0. The highest BCUT2D eigenvalue weighted by molar-refractivity contribution is 7.99. The third kappa shape index (κ3) is 2.22. The first kappa shape index (κ1) is 9.55. The Kier molecular flexibility index (Phi) is 3.56. The maximum absolute atomic E-state index is 10.9. The third-order valence-corrected chi connectivity index (χ3v) is 2.45. The molecular weight excluding hydrogens is 194 g/mol. The van der Waals surface area contributed by atoms with Crippen molar-refractivity contribution in [3.05, 3.63) is 24.0 Å². The Balaban J connectivity index is 3.00. The summed E-state index contributed by atoms with van der Waals surface area (Å²) in [5.41, 5.74) is 0.492. The lowest BCUT2D eigenvalue weighted by Gasteiger charge is -2.01. The molecule has 0 saturated carbocycles. The first-order chi connectivity index (χ1) is 5.75. The van der Waals surface area contributed by atoms with E-state index in [1.54, 1.807) is 24.0 Å². The average molecular weight is 202 g/mol. The fraction of sp³-hybridized carbons (Fsp3) is 0.250. The molecule has 1 aromatic rings. The van der Waals surface area contributed by atoms with Crippen LogP contribution in [0.1, 0.15) is 17.3 Å². The lowest BCUT2D eigenvalue weighted by molar-refractivity contribution is 0.107. The average Bonchev–Trinajstić information content (AvgIpc) is 2.05. The number of aromatic nitrogens is 1. The molecule has 1 rings (SSSR count). The van der Waals surface area contributed by atoms with Gasteiger partial charge >= 0.3 is 0 Å². The number of rotatable bonds is 3. The van der Waals surface area contributed by atoms with Gasteiger partial charge in [0, 0.05) is 17.3 Å². The fourth-order valence-electron chi connectivity index (χ4n) is 0.811. The molecule has 4 heteroatoms. The number of thioether (sulfide) groups is 1. The van der Waals surface area contributed by atoms with Crippen LogP contribution in [0.3, 0.4) is 0 Å². The smallest absolute Gasteiger partial charge is 0.255 e. The van der Waals surface area contributed by atoms with Gasteiger partial charge in [0.15, 0.2) is 0 Å². The summed E-state index contributed by atoms with van der Waals surface area (Å²) in [6.07, 6.45) is 3.15. The monoisotopic (exact) mass is 201 g/mol. The van der Waals surface area contributed by atoms with Crippen molar-refractivity contribution in [2.45, 2.75) is 11.8 Å². The van der Waals surface area contributed by atoms with Crippen LogP contribution in [-0.4, -0.2) is 16.0 Å². The second kappa shape index (κ2) is 4.48. The molecule has 1 aromatic heterocycles. The van der Waals surface area contributed by atoms with E-state index >= 15 is 0 Å². The Labute approximate surface area is 80.3 Å². The normalized spacial score (nSPS) is 9.83. The van der Waals surface area contributed by atoms with E-state index in [4.69, 9.17) is 11.6 Å². The van der Waals surface area contributed by atoms with Crippen molar-refractivity contribution < 1.29 is 4.79 Å². The fourth-order valence-corrected chi connectivity index (χ4v) is 1.79. The Morgan fingerprint density at radius 3 is 3.08 bits per heavy atom. The van der Waals surface area contributed by atoms with Gasteiger partial charge in [0.1, 0.15) is 0 Å². The van der Waals surface area contributed by atoms with E-state index < -0.39 is 5.24 Å². The zero-order valence-electron chi connectivity index (χ0n) is 6.58. The van der Waals surface area contributed by atoms with Gasteiger partial charge < -0.3 is 0 Å². The summed E-state index contributed by atoms with van der Waals surface area (Å²) < 4.78 is 0. The number of carbonyl (C=O) groups excluding carboxylic acids is 1. The number of hydrogen-bond donors (Lipinski definition) is 0. The summed E-state index contributed by atoms with van der Waals surface area (Å²) in [5.74, 6) is 0.918. The Bertz CT molecular complexity index is 290. The molecule has 0 aromatic carbocycles. The van der Waals surface area contributed by atoms with Crippen LogP contribution in [0.15, 0.2) is 23.4 Å². The SMILES string of the molecule is CCSc1ccncc1C(=O)Cl. The van der Waals surface area contributed by atoms with E-state index in [1.807, 2.05) is 6.92 Å². The van der Waals surface area contributed by atoms with Crippen LogP contribution in [0.2, 0.25) is 0 Å². The predicted octanol–water partition coefficient (Wildman–Crippen LogP) is 2.57. The first-order valence-electron chi connectivity index (χ1n) is 3.52. The standard InChI is InChI=1S/C8H8ClNOS/c1-2-12-7-3-4-10-5-6(7)8(9)11/h3-5H,2H2,1H3. The molecule has 0 aliphatic heterocycles. The molecule has 0 bridgehead atoms. The topological polar surface area (TPSA) is 30.0 Å². The molecule has 0 fully saturated rings. The predicted molar refractivity (Wildman–Crippen MR) is 50.8 cm³/mol. The van der Waals surface area contributed by atoms with E-state index in [1.165, 1.54) is 6.20 Å². The van der Waals surface area contributed by atoms with Crippen molar-refractivity contribution >= 4 is 28.6 Å². The Morgan fingerprint density at radius 2 is 2.50 bits per heavy atom. The lowest BCUT2D eigenvalue weighted by atomic mass is 10.3. The summed E-state index contributed by atoms with van der Waals surface area (Å²) in [5, 5.41) is -0.445. The molecule has 12 heavy (non-hydrogen) atoms. The maximum atomic E-state index is 10.9. The summed E-state index contributed by atoms with van der Waals surface area (Å²) >= 11 is 6.94. The molecule has 0 radical (unpaired) electrons. The second-order valence-corrected chi connectivity index (χ2v) is 3.73. The zero-order valence-corrected chi connectivity index (χ0v) is 8.15. The van der Waals surface area contributed by atoms with Crippen molar-refractivity contribution in [3.63, 3.8) is 0 Å². The maximum Gasteiger partial charge on any atom is 0.255 e. The van der Waals surface area contributed by atoms with Crippen LogP contribution < -0.4 is 0 Å². The number of nitrogens with zero attached hydrogens (tertiary/aromatic N) is 1. The Hall–Kier alpha value is -0.540. The van der Waals surface area contributed by atoms with Gasteiger partial charge in [-0.1, -0.05) is 6.92 Å². The van der Waals surface area contributed by atoms with Crippen LogP contribution in [0.5, 0.6) is 0 Å². The van der Waals surface area contributed by atoms with Crippen LogP contribution in [-0.2, 0) is 0 Å². The highest BCUT2D eigenvalue weighted by atomic mass is 35.5. The molecule has 0 saturated heterocycles. The van der Waals surface area contributed by atoms with E-state index in [-0.39, 0.29) is 0 Å². The van der Waals surface area contributed by atoms with Crippen LogP contribution in [0.4, 0.5) is 0 Å². The van der Waals surface area contributed by atoms with Crippen molar-refractivity contribution in [2.75, 3.05) is 5.75 Å². The summed E-state index contributed by atoms with van der Waals surface area (Å²) in [6.45, 7) is 2.02. The van der Waals surface area contributed by atoms with Gasteiger partial charge in [0.2, 0.25) is 0 Å². The number of hydrogen-bond acceptors (Lipinski definition) is 3. The molecule has 0 N–H and O–H groups in total. The molecule has 2 nitrogen and oxygen atoms in total. The molecule has 0 amide bonds. The van der Waals surface area contributed by atoms with Crippen molar-refractivity contribution in [1.82, 2.24) is 4.98 Å². The van der Waals surface area contributed by atoms with Crippen LogP contribution in [0.25, 0.3) is 0 Å². The van der Waals surface area contributed by atoms with Gasteiger partial charge in [-0.3, -0.25) is 9.78 Å².